The van der Waals surface area contributed by atoms with E-state index in [0.29, 0.717) is 13.0 Å². The highest BCUT2D eigenvalue weighted by Gasteiger charge is 2.28. The van der Waals surface area contributed by atoms with Crippen molar-refractivity contribution in [1.82, 2.24) is 10.2 Å². The van der Waals surface area contributed by atoms with E-state index in [9.17, 15) is 9.59 Å². The Hall–Kier alpha value is -2.96. The van der Waals surface area contributed by atoms with Gasteiger partial charge in [0.15, 0.2) is 0 Å². The molecule has 0 radical (unpaired) electrons. The number of nitrogens with zero attached hydrogens (tertiary/aromatic N) is 2. The van der Waals surface area contributed by atoms with E-state index in [1.54, 1.807) is 4.90 Å². The van der Waals surface area contributed by atoms with Crippen LogP contribution in [0.3, 0.4) is 0 Å². The lowest BCUT2D eigenvalue weighted by Crippen LogP contribution is -2.46. The van der Waals surface area contributed by atoms with Gasteiger partial charge in [0.25, 0.3) is 0 Å². The summed E-state index contributed by atoms with van der Waals surface area (Å²) in [7, 11) is 0. The zero-order valence-corrected chi connectivity index (χ0v) is 18.8. The summed E-state index contributed by atoms with van der Waals surface area (Å²) < 4.78 is 0. The van der Waals surface area contributed by atoms with Crippen LogP contribution in [-0.4, -0.2) is 36.3 Å². The molecule has 3 heterocycles. The maximum Gasteiger partial charge on any atom is 0.240 e. The molecule has 3 aromatic rings. The predicted molar refractivity (Wildman–Crippen MR) is 128 cm³/mol. The van der Waals surface area contributed by atoms with Crippen LogP contribution < -0.4 is 10.2 Å². The van der Waals surface area contributed by atoms with Crippen molar-refractivity contribution in [2.75, 3.05) is 24.5 Å². The Balaban J connectivity index is 1.29. The van der Waals surface area contributed by atoms with E-state index >= 15 is 0 Å². The van der Waals surface area contributed by atoms with Crippen molar-refractivity contribution in [1.29, 1.82) is 0 Å². The Morgan fingerprint density at radius 2 is 1.78 bits per heavy atom. The third-order valence-corrected chi connectivity index (χ3v) is 7.47. The minimum Gasteiger partial charge on any atom is -0.353 e. The van der Waals surface area contributed by atoms with Gasteiger partial charge in [-0.1, -0.05) is 48.5 Å². The number of rotatable bonds is 6. The Morgan fingerprint density at radius 1 is 0.969 bits per heavy atom. The standard InChI is InChI=1S/C26H27N3O2S/c30-25(18-29-22-9-5-4-8-20(22)10-11-26(29)31)27-16-23(19-6-2-1-3-7-19)28-14-12-24-21(17-28)13-15-32-24/h1-9,13,15,23H,10-12,14,16-18H2,(H,27,30). The number of amides is 2. The van der Waals surface area contributed by atoms with E-state index in [1.165, 1.54) is 16.0 Å². The van der Waals surface area contributed by atoms with Gasteiger partial charge in [-0.05, 0) is 47.0 Å². The number of thiophene rings is 1. The maximum atomic E-state index is 12.9. The van der Waals surface area contributed by atoms with Crippen LogP contribution >= 0.6 is 11.3 Å². The molecule has 5 nitrogen and oxygen atoms in total. The molecule has 1 aromatic heterocycles. The minimum atomic E-state index is -0.121. The van der Waals surface area contributed by atoms with Crippen LogP contribution in [0.4, 0.5) is 5.69 Å². The SMILES string of the molecule is O=C(CN1C(=O)CCc2ccccc21)NCC(c1ccccc1)N1CCc2sccc2C1. The van der Waals surface area contributed by atoms with Gasteiger partial charge in [0, 0.05) is 36.6 Å². The summed E-state index contributed by atoms with van der Waals surface area (Å²) in [5.41, 5.74) is 4.58. The van der Waals surface area contributed by atoms with Crippen LogP contribution in [0, 0.1) is 0 Å². The summed E-state index contributed by atoms with van der Waals surface area (Å²) in [6, 6.07) is 20.6. The second-order valence-electron chi connectivity index (χ2n) is 8.43. The number of carbonyl (C=O) groups excluding carboxylic acids is 2. The molecule has 2 amide bonds. The molecule has 1 atom stereocenters. The summed E-state index contributed by atoms with van der Waals surface area (Å²) in [4.78, 5) is 31.0. The number of hydrogen-bond donors (Lipinski definition) is 1. The van der Waals surface area contributed by atoms with Crippen molar-refractivity contribution in [2.45, 2.75) is 31.8 Å². The molecule has 0 saturated carbocycles. The summed E-state index contributed by atoms with van der Waals surface area (Å²) in [5, 5.41) is 5.29. The fourth-order valence-corrected chi connectivity index (χ4v) is 5.64. The average Bonchev–Trinajstić information content (AvgIpc) is 3.30. The van der Waals surface area contributed by atoms with Crippen molar-refractivity contribution in [2.24, 2.45) is 0 Å². The topological polar surface area (TPSA) is 52.7 Å². The van der Waals surface area contributed by atoms with Crippen LogP contribution in [0.15, 0.2) is 66.0 Å². The molecular weight excluding hydrogens is 418 g/mol. The lowest BCUT2D eigenvalue weighted by Gasteiger charge is -2.35. The molecule has 6 heteroatoms. The van der Waals surface area contributed by atoms with E-state index in [-0.39, 0.29) is 24.4 Å². The first-order valence-corrected chi connectivity index (χ1v) is 12.1. The van der Waals surface area contributed by atoms with E-state index in [1.807, 2.05) is 53.8 Å². The van der Waals surface area contributed by atoms with E-state index in [4.69, 9.17) is 0 Å². The highest BCUT2D eigenvalue weighted by molar-refractivity contribution is 7.10. The van der Waals surface area contributed by atoms with Crippen molar-refractivity contribution >= 4 is 28.8 Å². The molecular formula is C26H27N3O2S. The number of fused-ring (bicyclic) bond motifs is 2. The highest BCUT2D eigenvalue weighted by Crippen LogP contribution is 2.30. The van der Waals surface area contributed by atoms with Gasteiger partial charge in [0.2, 0.25) is 11.8 Å². The van der Waals surface area contributed by atoms with Crippen LogP contribution in [-0.2, 0) is 29.0 Å². The smallest absolute Gasteiger partial charge is 0.240 e. The molecule has 2 aliphatic rings. The number of benzene rings is 2. The number of anilines is 1. The zero-order chi connectivity index (χ0) is 21.9. The molecule has 0 saturated heterocycles. The number of carbonyl (C=O) groups is 2. The third-order valence-electron chi connectivity index (χ3n) is 6.45. The third kappa shape index (κ3) is 4.33. The van der Waals surface area contributed by atoms with E-state index in [2.05, 4.69) is 33.8 Å². The van der Waals surface area contributed by atoms with Gasteiger partial charge in [-0.3, -0.25) is 14.5 Å². The quantitative estimate of drug-likeness (QED) is 0.625. The number of hydrogen-bond acceptors (Lipinski definition) is 4. The molecule has 5 rings (SSSR count). The van der Waals surface area contributed by atoms with Crippen LogP contribution in [0.5, 0.6) is 0 Å². The number of para-hydroxylation sites is 1. The number of aryl methyl sites for hydroxylation is 1. The van der Waals surface area contributed by atoms with Crippen molar-refractivity contribution < 1.29 is 9.59 Å². The molecule has 32 heavy (non-hydrogen) atoms. The van der Waals surface area contributed by atoms with Gasteiger partial charge >= 0.3 is 0 Å². The first kappa shape index (κ1) is 20.9. The molecule has 1 N–H and O–H groups in total. The van der Waals surface area contributed by atoms with Gasteiger partial charge < -0.3 is 10.2 Å². The minimum absolute atomic E-state index is 0.0134. The van der Waals surface area contributed by atoms with Crippen molar-refractivity contribution in [3.05, 3.63) is 87.6 Å². The molecule has 1 unspecified atom stereocenters. The Kier molecular flexibility index (Phi) is 6.06. The molecule has 2 aliphatic heterocycles. The molecule has 0 spiro atoms. The van der Waals surface area contributed by atoms with Gasteiger partial charge in [0.1, 0.15) is 6.54 Å². The van der Waals surface area contributed by atoms with Gasteiger partial charge in [0.05, 0.1) is 6.04 Å². The average molecular weight is 446 g/mol. The van der Waals surface area contributed by atoms with Gasteiger partial charge in [-0.25, -0.2) is 0 Å². The number of nitrogens with one attached hydrogen (secondary N) is 1. The van der Waals surface area contributed by atoms with Gasteiger partial charge in [-0.2, -0.15) is 0 Å². The predicted octanol–water partition coefficient (Wildman–Crippen LogP) is 3.94. The van der Waals surface area contributed by atoms with E-state index < -0.39 is 0 Å². The largest absolute Gasteiger partial charge is 0.353 e. The molecule has 2 aromatic carbocycles. The molecule has 0 aliphatic carbocycles. The Labute approximate surface area is 192 Å². The Bertz CT molecular complexity index is 1110. The van der Waals surface area contributed by atoms with Gasteiger partial charge in [-0.15, -0.1) is 11.3 Å². The first-order valence-electron chi connectivity index (χ1n) is 11.2. The monoisotopic (exact) mass is 445 g/mol. The normalized spacial score (nSPS) is 16.9. The molecule has 164 valence electrons. The van der Waals surface area contributed by atoms with E-state index in [0.717, 1.165) is 37.2 Å². The summed E-state index contributed by atoms with van der Waals surface area (Å²) in [6.45, 7) is 2.45. The molecule has 0 fully saturated rings. The molecule has 0 bridgehead atoms. The highest BCUT2D eigenvalue weighted by atomic mass is 32.1. The summed E-state index contributed by atoms with van der Waals surface area (Å²) in [5.74, 6) is -0.108. The lowest BCUT2D eigenvalue weighted by molar-refractivity contribution is -0.124. The van der Waals surface area contributed by atoms with Crippen molar-refractivity contribution in [3.8, 4) is 0 Å². The lowest BCUT2D eigenvalue weighted by atomic mass is 10.0. The summed E-state index contributed by atoms with van der Waals surface area (Å²) in [6.07, 6.45) is 2.24. The van der Waals surface area contributed by atoms with Crippen LogP contribution in [0.1, 0.15) is 34.0 Å². The maximum absolute atomic E-state index is 12.9. The fourth-order valence-electron chi connectivity index (χ4n) is 4.75. The van der Waals surface area contributed by atoms with Crippen LogP contribution in [0.2, 0.25) is 0 Å². The van der Waals surface area contributed by atoms with Crippen molar-refractivity contribution in [3.63, 3.8) is 0 Å². The first-order chi connectivity index (χ1) is 15.7. The van der Waals surface area contributed by atoms with Crippen LogP contribution in [0.25, 0.3) is 0 Å². The summed E-state index contributed by atoms with van der Waals surface area (Å²) >= 11 is 1.83. The zero-order valence-electron chi connectivity index (χ0n) is 18.0. The second kappa shape index (κ2) is 9.27. The fraction of sp³-hybridized carbons (Fsp3) is 0.308. The Morgan fingerprint density at radius 3 is 2.66 bits per heavy atom. The second-order valence-corrected chi connectivity index (χ2v) is 9.43.